The van der Waals surface area contributed by atoms with Gasteiger partial charge in [0.1, 0.15) is 0 Å². The molecule has 23 heavy (non-hydrogen) atoms. The summed E-state index contributed by atoms with van der Waals surface area (Å²) in [6.07, 6.45) is 7.39. The average molecular weight is 324 g/mol. The zero-order chi connectivity index (χ0) is 16.2. The first-order valence-corrected chi connectivity index (χ1v) is 7.58. The van der Waals surface area contributed by atoms with Gasteiger partial charge in [0.05, 0.1) is 11.1 Å². The van der Waals surface area contributed by atoms with E-state index in [0.29, 0.717) is 16.1 Å². The highest BCUT2D eigenvalue weighted by molar-refractivity contribution is 6.30. The van der Waals surface area contributed by atoms with E-state index in [-0.39, 0.29) is 18.4 Å². The highest BCUT2D eigenvalue weighted by Gasteiger charge is 2.33. The van der Waals surface area contributed by atoms with E-state index >= 15 is 0 Å². The van der Waals surface area contributed by atoms with E-state index in [1.165, 1.54) is 4.90 Å². The molecule has 0 saturated carbocycles. The first-order chi connectivity index (χ1) is 11.2. The summed E-state index contributed by atoms with van der Waals surface area (Å²) in [6.45, 7) is 0.261. The molecule has 0 bridgehead atoms. The zero-order valence-electron chi connectivity index (χ0n) is 12.3. The minimum Gasteiger partial charge on any atom is -0.270 e. The molecule has 0 unspecified atom stereocenters. The molecule has 0 aliphatic carbocycles. The van der Waals surface area contributed by atoms with Crippen molar-refractivity contribution < 1.29 is 9.59 Å². The second-order valence-electron chi connectivity index (χ2n) is 5.11. The summed E-state index contributed by atoms with van der Waals surface area (Å²) in [5, 5.41) is 0.698. The number of rotatable bonds is 4. The van der Waals surface area contributed by atoms with Crippen LogP contribution >= 0.6 is 11.6 Å². The third-order valence-electron chi connectivity index (χ3n) is 3.57. The molecule has 1 aliphatic rings. The smallest absolute Gasteiger partial charge is 0.261 e. The Hall–Kier alpha value is -2.65. The highest BCUT2D eigenvalue weighted by Crippen LogP contribution is 2.22. The number of benzene rings is 2. The maximum atomic E-state index is 12.2. The van der Waals surface area contributed by atoms with Gasteiger partial charge in [-0.05, 0) is 29.8 Å². The lowest BCUT2D eigenvalue weighted by molar-refractivity contribution is 0.0672. The summed E-state index contributed by atoms with van der Waals surface area (Å²) < 4.78 is 0. The van der Waals surface area contributed by atoms with Gasteiger partial charge in [-0.15, -0.1) is 0 Å². The lowest BCUT2D eigenvalue weighted by Crippen LogP contribution is -2.29. The largest absolute Gasteiger partial charge is 0.270 e. The predicted octanol–water partition coefficient (Wildman–Crippen LogP) is 4.21. The van der Waals surface area contributed by atoms with Gasteiger partial charge >= 0.3 is 0 Å². The molecule has 1 aliphatic heterocycles. The molecule has 3 nitrogen and oxygen atoms in total. The molecule has 3 rings (SSSR count). The average Bonchev–Trinajstić information content (AvgIpc) is 2.81. The molecule has 0 atom stereocenters. The van der Waals surface area contributed by atoms with Crippen LogP contribution < -0.4 is 0 Å². The van der Waals surface area contributed by atoms with Gasteiger partial charge in [0.2, 0.25) is 0 Å². The van der Waals surface area contributed by atoms with Crippen molar-refractivity contribution in [2.24, 2.45) is 0 Å². The molecule has 0 radical (unpaired) electrons. The number of hydrogen-bond donors (Lipinski definition) is 0. The third kappa shape index (κ3) is 3.25. The highest BCUT2D eigenvalue weighted by atomic mass is 35.5. The molecule has 114 valence electrons. The number of imide groups is 1. The molecular formula is C19H14ClNO2. The van der Waals surface area contributed by atoms with Crippen molar-refractivity contribution in [3.8, 4) is 0 Å². The van der Waals surface area contributed by atoms with Crippen LogP contribution in [0.4, 0.5) is 0 Å². The van der Waals surface area contributed by atoms with Crippen molar-refractivity contribution in [1.29, 1.82) is 0 Å². The first kappa shape index (κ1) is 15.3. The van der Waals surface area contributed by atoms with E-state index in [0.717, 1.165) is 5.56 Å². The lowest BCUT2D eigenvalue weighted by Gasteiger charge is -2.09. The Morgan fingerprint density at radius 3 is 2.09 bits per heavy atom. The van der Waals surface area contributed by atoms with Gasteiger partial charge in [-0.25, -0.2) is 0 Å². The van der Waals surface area contributed by atoms with Gasteiger partial charge in [-0.3, -0.25) is 14.5 Å². The van der Waals surface area contributed by atoms with E-state index < -0.39 is 0 Å². The molecule has 0 aromatic heterocycles. The minimum atomic E-state index is -0.239. The molecular weight excluding hydrogens is 310 g/mol. The topological polar surface area (TPSA) is 37.4 Å². The molecule has 2 amide bonds. The molecule has 0 saturated heterocycles. The molecule has 0 spiro atoms. The second-order valence-corrected chi connectivity index (χ2v) is 5.54. The Kier molecular flexibility index (Phi) is 4.40. The molecule has 0 N–H and O–H groups in total. The van der Waals surface area contributed by atoms with Crippen LogP contribution in [0.5, 0.6) is 0 Å². The monoisotopic (exact) mass is 323 g/mol. The van der Waals surface area contributed by atoms with Gasteiger partial charge in [0, 0.05) is 11.6 Å². The molecule has 1 heterocycles. The van der Waals surface area contributed by atoms with Crippen LogP contribution in [0.2, 0.25) is 5.02 Å². The van der Waals surface area contributed by atoms with Gasteiger partial charge < -0.3 is 0 Å². The van der Waals surface area contributed by atoms with Crippen molar-refractivity contribution in [2.45, 2.75) is 0 Å². The van der Waals surface area contributed by atoms with E-state index in [4.69, 9.17) is 11.6 Å². The number of carbonyl (C=O) groups is 2. The molecule has 0 fully saturated rings. The van der Waals surface area contributed by atoms with Crippen molar-refractivity contribution in [1.82, 2.24) is 4.90 Å². The summed E-state index contributed by atoms with van der Waals surface area (Å²) >= 11 is 5.83. The Morgan fingerprint density at radius 2 is 1.48 bits per heavy atom. The first-order valence-electron chi connectivity index (χ1n) is 7.21. The van der Waals surface area contributed by atoms with E-state index in [1.54, 1.807) is 30.3 Å². The van der Waals surface area contributed by atoms with E-state index in [1.807, 2.05) is 42.5 Å². The van der Waals surface area contributed by atoms with Crippen LogP contribution in [0, 0.1) is 0 Å². The summed E-state index contributed by atoms with van der Waals surface area (Å²) in [7, 11) is 0. The van der Waals surface area contributed by atoms with Crippen molar-refractivity contribution in [2.75, 3.05) is 6.54 Å². The number of amides is 2. The summed E-state index contributed by atoms with van der Waals surface area (Å²) in [4.78, 5) is 25.6. The Morgan fingerprint density at radius 1 is 0.870 bits per heavy atom. The van der Waals surface area contributed by atoms with E-state index in [9.17, 15) is 9.59 Å². The van der Waals surface area contributed by atoms with E-state index in [2.05, 4.69) is 0 Å². The Bertz CT molecular complexity index is 771. The zero-order valence-corrected chi connectivity index (χ0v) is 13.0. The van der Waals surface area contributed by atoms with Gasteiger partial charge in [0.15, 0.2) is 0 Å². The predicted molar refractivity (Wildman–Crippen MR) is 91.4 cm³/mol. The third-order valence-corrected chi connectivity index (χ3v) is 3.82. The van der Waals surface area contributed by atoms with Crippen molar-refractivity contribution in [3.05, 3.63) is 88.5 Å². The summed E-state index contributed by atoms with van der Waals surface area (Å²) in [5.74, 6) is -0.478. The number of nitrogens with zero attached hydrogens (tertiary/aromatic N) is 1. The number of halogens is 1. The Labute approximate surface area is 139 Å². The van der Waals surface area contributed by atoms with Crippen LogP contribution in [0.15, 0.2) is 66.8 Å². The van der Waals surface area contributed by atoms with Crippen LogP contribution in [-0.2, 0) is 0 Å². The number of allylic oxidation sites excluding steroid dienone is 2. The SMILES string of the molecule is O=C1c2ccccc2C(=O)N1C/C=C/C=C/c1ccc(Cl)cc1. The maximum absolute atomic E-state index is 12.2. The van der Waals surface area contributed by atoms with Crippen LogP contribution in [0.1, 0.15) is 26.3 Å². The van der Waals surface area contributed by atoms with Gasteiger partial charge in [-0.2, -0.15) is 0 Å². The number of fused-ring (bicyclic) bond motifs is 1. The summed E-state index contributed by atoms with van der Waals surface area (Å²) in [6, 6.07) is 14.4. The van der Waals surface area contributed by atoms with Crippen LogP contribution in [0.3, 0.4) is 0 Å². The quantitative estimate of drug-likeness (QED) is 0.624. The molecule has 4 heteroatoms. The normalized spacial score (nSPS) is 14.2. The fourth-order valence-electron chi connectivity index (χ4n) is 2.39. The lowest BCUT2D eigenvalue weighted by atomic mass is 10.1. The van der Waals surface area contributed by atoms with Gasteiger partial charge in [-0.1, -0.05) is 60.2 Å². The fourth-order valence-corrected chi connectivity index (χ4v) is 2.52. The summed E-state index contributed by atoms with van der Waals surface area (Å²) in [5.41, 5.74) is 1.98. The number of hydrogen-bond acceptors (Lipinski definition) is 2. The van der Waals surface area contributed by atoms with Crippen LogP contribution in [-0.4, -0.2) is 23.3 Å². The second kappa shape index (κ2) is 6.63. The maximum Gasteiger partial charge on any atom is 0.261 e. The molecule has 2 aromatic carbocycles. The minimum absolute atomic E-state index is 0.239. The van der Waals surface area contributed by atoms with Crippen LogP contribution in [0.25, 0.3) is 6.08 Å². The fraction of sp³-hybridized carbons (Fsp3) is 0.0526. The molecule has 2 aromatic rings. The van der Waals surface area contributed by atoms with Gasteiger partial charge in [0.25, 0.3) is 11.8 Å². The number of carbonyl (C=O) groups excluding carboxylic acids is 2. The van der Waals surface area contributed by atoms with Crippen molar-refractivity contribution >= 4 is 29.5 Å². The van der Waals surface area contributed by atoms with Crippen molar-refractivity contribution in [3.63, 3.8) is 0 Å². The standard InChI is InChI=1S/C19H14ClNO2/c20-15-11-9-14(10-12-15)6-2-1-5-13-21-18(22)16-7-3-4-8-17(16)19(21)23/h1-12H,13H2/b5-1+,6-2+. The Balaban J connectivity index is 1.62.